The van der Waals surface area contributed by atoms with E-state index in [1.165, 1.54) is 24.4 Å². The number of nitrogens with zero attached hydrogens (tertiary/aromatic N) is 1. The molecule has 1 amide bonds. The standard InChI is InChI=1S/C25H21N3O6S/c1-16-7-10-19(11-8-16)28-35(32,33)22-14-20(12-9-18(22)13-23(29)30)27-24(31)25-26-15-21(34-25)17-5-3-2-4-6-17/h2-12,14-15,28H,13H2,1H3,(H,27,31)(H,29,30). The summed E-state index contributed by atoms with van der Waals surface area (Å²) in [5.74, 6) is -1.69. The maximum atomic E-state index is 13.1. The number of aryl methyl sites for hydroxylation is 1. The maximum absolute atomic E-state index is 13.1. The molecule has 0 bridgehead atoms. The molecule has 0 saturated heterocycles. The summed E-state index contributed by atoms with van der Waals surface area (Å²) in [4.78, 5) is 27.7. The number of oxazole rings is 1. The molecule has 0 radical (unpaired) electrons. The van der Waals surface area contributed by atoms with Gasteiger partial charge in [0.25, 0.3) is 15.9 Å². The fourth-order valence-electron chi connectivity index (χ4n) is 3.32. The summed E-state index contributed by atoms with van der Waals surface area (Å²) >= 11 is 0. The number of carbonyl (C=O) groups is 2. The Balaban J connectivity index is 1.61. The van der Waals surface area contributed by atoms with Gasteiger partial charge < -0.3 is 14.8 Å². The average molecular weight is 492 g/mol. The summed E-state index contributed by atoms with van der Waals surface area (Å²) in [6, 6.07) is 19.8. The molecule has 0 aliphatic heterocycles. The van der Waals surface area contributed by atoms with E-state index in [4.69, 9.17) is 4.42 Å². The summed E-state index contributed by atoms with van der Waals surface area (Å²) in [7, 11) is -4.16. The monoisotopic (exact) mass is 491 g/mol. The van der Waals surface area contributed by atoms with E-state index in [0.29, 0.717) is 11.4 Å². The van der Waals surface area contributed by atoms with Gasteiger partial charge in [0.1, 0.15) is 0 Å². The van der Waals surface area contributed by atoms with E-state index in [0.717, 1.165) is 11.1 Å². The third-order valence-corrected chi connectivity index (χ3v) is 6.48. The maximum Gasteiger partial charge on any atom is 0.311 e. The van der Waals surface area contributed by atoms with Crippen LogP contribution >= 0.6 is 0 Å². The minimum atomic E-state index is -4.16. The Labute approximate surface area is 201 Å². The first-order valence-electron chi connectivity index (χ1n) is 10.5. The average Bonchev–Trinajstić information content (AvgIpc) is 3.32. The molecule has 178 valence electrons. The highest BCUT2D eigenvalue weighted by Gasteiger charge is 2.22. The van der Waals surface area contributed by atoms with Gasteiger partial charge in [-0.2, -0.15) is 0 Å². The smallest absolute Gasteiger partial charge is 0.311 e. The number of rotatable bonds is 8. The normalized spacial score (nSPS) is 11.1. The number of hydrogen-bond acceptors (Lipinski definition) is 6. The van der Waals surface area contributed by atoms with Gasteiger partial charge in [-0.05, 0) is 36.8 Å². The van der Waals surface area contributed by atoms with Crippen molar-refractivity contribution in [2.45, 2.75) is 18.2 Å². The van der Waals surface area contributed by atoms with Crippen LogP contribution in [0.1, 0.15) is 21.8 Å². The molecule has 1 heterocycles. The van der Waals surface area contributed by atoms with Crippen molar-refractivity contribution in [2.75, 3.05) is 10.0 Å². The number of carbonyl (C=O) groups excluding carboxylic acids is 1. The Bertz CT molecular complexity index is 1480. The lowest BCUT2D eigenvalue weighted by atomic mass is 10.1. The zero-order valence-corrected chi connectivity index (χ0v) is 19.4. The van der Waals surface area contributed by atoms with Gasteiger partial charge in [0.15, 0.2) is 5.76 Å². The van der Waals surface area contributed by atoms with E-state index in [9.17, 15) is 23.1 Å². The third-order valence-electron chi connectivity index (χ3n) is 5.02. The van der Waals surface area contributed by atoms with Crippen molar-refractivity contribution in [1.82, 2.24) is 4.98 Å². The first-order chi connectivity index (χ1) is 16.7. The third kappa shape index (κ3) is 5.74. The molecule has 35 heavy (non-hydrogen) atoms. The van der Waals surface area contributed by atoms with Crippen molar-refractivity contribution in [2.24, 2.45) is 0 Å². The second-order valence-corrected chi connectivity index (χ2v) is 9.37. The van der Waals surface area contributed by atoms with Gasteiger partial charge in [-0.15, -0.1) is 0 Å². The van der Waals surface area contributed by atoms with Gasteiger partial charge in [-0.1, -0.05) is 54.1 Å². The number of carboxylic acids is 1. The van der Waals surface area contributed by atoms with Crippen LogP contribution in [-0.2, 0) is 21.2 Å². The first kappa shape index (κ1) is 23.7. The predicted molar refractivity (Wildman–Crippen MR) is 130 cm³/mol. The number of amides is 1. The number of benzene rings is 3. The molecule has 0 unspecified atom stereocenters. The minimum absolute atomic E-state index is 0.0672. The number of aliphatic carboxylic acids is 1. The number of aromatic nitrogens is 1. The van der Waals surface area contributed by atoms with Gasteiger partial charge in [0.2, 0.25) is 0 Å². The molecular formula is C25H21N3O6S. The van der Waals surface area contributed by atoms with E-state index in [1.807, 2.05) is 37.3 Å². The zero-order chi connectivity index (χ0) is 25.0. The molecule has 0 aliphatic carbocycles. The topological polar surface area (TPSA) is 139 Å². The lowest BCUT2D eigenvalue weighted by Gasteiger charge is -2.14. The second kappa shape index (κ2) is 9.82. The SMILES string of the molecule is Cc1ccc(NS(=O)(=O)c2cc(NC(=O)c3ncc(-c4ccccc4)o3)ccc2CC(=O)O)cc1. The molecule has 4 aromatic rings. The number of carboxylic acid groups (broad SMARTS) is 1. The van der Waals surface area contributed by atoms with Crippen LogP contribution in [0, 0.1) is 6.92 Å². The largest absolute Gasteiger partial charge is 0.481 e. The Kier molecular flexibility index (Phi) is 6.65. The number of nitrogens with one attached hydrogen (secondary N) is 2. The highest BCUT2D eigenvalue weighted by atomic mass is 32.2. The Morgan fingerprint density at radius 3 is 2.34 bits per heavy atom. The lowest BCUT2D eigenvalue weighted by Crippen LogP contribution is -2.18. The summed E-state index contributed by atoms with van der Waals surface area (Å²) < 4.78 is 34.2. The van der Waals surface area contributed by atoms with Crippen molar-refractivity contribution in [1.29, 1.82) is 0 Å². The number of hydrogen-bond donors (Lipinski definition) is 3. The fraction of sp³-hybridized carbons (Fsp3) is 0.0800. The van der Waals surface area contributed by atoms with Crippen LogP contribution in [0.25, 0.3) is 11.3 Å². The second-order valence-electron chi connectivity index (χ2n) is 7.71. The molecule has 10 heteroatoms. The van der Waals surface area contributed by atoms with E-state index >= 15 is 0 Å². The molecule has 9 nitrogen and oxygen atoms in total. The van der Waals surface area contributed by atoms with Gasteiger partial charge >= 0.3 is 11.9 Å². The van der Waals surface area contributed by atoms with E-state index in [-0.39, 0.29) is 22.0 Å². The molecular weight excluding hydrogens is 470 g/mol. The number of sulfonamides is 1. The lowest BCUT2D eigenvalue weighted by molar-refractivity contribution is -0.136. The summed E-state index contributed by atoms with van der Waals surface area (Å²) in [5.41, 5.74) is 2.21. The van der Waals surface area contributed by atoms with Crippen LogP contribution in [0.15, 0.2) is 88.3 Å². The molecule has 0 atom stereocenters. The quantitative estimate of drug-likeness (QED) is 0.333. The van der Waals surface area contributed by atoms with E-state index in [2.05, 4.69) is 15.0 Å². The zero-order valence-electron chi connectivity index (χ0n) is 18.6. The van der Waals surface area contributed by atoms with E-state index in [1.54, 1.807) is 24.3 Å². The molecule has 3 aromatic carbocycles. The highest BCUT2D eigenvalue weighted by Crippen LogP contribution is 2.25. The predicted octanol–water partition coefficient (Wildman–Crippen LogP) is 4.33. The first-order valence-corrected chi connectivity index (χ1v) is 12.0. The van der Waals surface area contributed by atoms with Crippen molar-refractivity contribution in [3.8, 4) is 11.3 Å². The van der Waals surface area contributed by atoms with Crippen LogP contribution in [-0.4, -0.2) is 30.4 Å². The van der Waals surface area contributed by atoms with Crippen molar-refractivity contribution in [3.63, 3.8) is 0 Å². The van der Waals surface area contributed by atoms with Crippen molar-refractivity contribution < 1.29 is 27.5 Å². The molecule has 3 N–H and O–H groups in total. The Morgan fingerprint density at radius 1 is 0.971 bits per heavy atom. The van der Waals surface area contributed by atoms with Crippen molar-refractivity contribution >= 4 is 33.3 Å². The van der Waals surface area contributed by atoms with Gasteiger partial charge in [0.05, 0.1) is 17.5 Å². The Hall–Kier alpha value is -4.44. The van der Waals surface area contributed by atoms with Crippen LogP contribution in [0.3, 0.4) is 0 Å². The van der Waals surface area contributed by atoms with Gasteiger partial charge in [0, 0.05) is 16.9 Å². The van der Waals surface area contributed by atoms with Crippen molar-refractivity contribution in [3.05, 3.63) is 96.0 Å². The van der Waals surface area contributed by atoms with Gasteiger partial charge in [-0.3, -0.25) is 14.3 Å². The molecule has 0 fully saturated rings. The highest BCUT2D eigenvalue weighted by molar-refractivity contribution is 7.92. The summed E-state index contributed by atoms with van der Waals surface area (Å²) in [5, 5.41) is 11.8. The fourth-order valence-corrected chi connectivity index (χ4v) is 4.65. The minimum Gasteiger partial charge on any atom is -0.481 e. The van der Waals surface area contributed by atoms with Crippen LogP contribution in [0.4, 0.5) is 11.4 Å². The van der Waals surface area contributed by atoms with Crippen LogP contribution < -0.4 is 10.0 Å². The van der Waals surface area contributed by atoms with Crippen LogP contribution in [0.5, 0.6) is 0 Å². The van der Waals surface area contributed by atoms with E-state index < -0.39 is 28.3 Å². The summed E-state index contributed by atoms with van der Waals surface area (Å²) in [6.07, 6.45) is 0.903. The van der Waals surface area contributed by atoms with Gasteiger partial charge in [-0.25, -0.2) is 13.4 Å². The Morgan fingerprint density at radius 2 is 1.66 bits per heavy atom. The summed E-state index contributed by atoms with van der Waals surface area (Å²) in [6.45, 7) is 1.87. The molecule has 0 spiro atoms. The molecule has 1 aromatic heterocycles. The molecule has 4 rings (SSSR count). The molecule has 0 aliphatic rings. The molecule has 0 saturated carbocycles. The number of anilines is 2. The van der Waals surface area contributed by atoms with Crippen LogP contribution in [0.2, 0.25) is 0 Å².